The van der Waals surface area contributed by atoms with E-state index in [0.29, 0.717) is 12.3 Å². The SMILES string of the molecule is F[B-](F)(F)C#CCCCCCl. The van der Waals surface area contributed by atoms with Gasteiger partial charge in [0.25, 0.3) is 0 Å². The fourth-order valence-corrected chi connectivity index (χ4v) is 0.685. The van der Waals surface area contributed by atoms with Crippen LogP contribution in [0.1, 0.15) is 19.3 Å². The Balaban J connectivity index is 3.41. The fraction of sp³-hybridized carbons (Fsp3) is 0.667. The van der Waals surface area contributed by atoms with Gasteiger partial charge >= 0.3 is 6.98 Å². The van der Waals surface area contributed by atoms with Crippen LogP contribution < -0.4 is 0 Å². The lowest BCUT2D eigenvalue weighted by atomic mass is 9.94. The highest BCUT2D eigenvalue weighted by Crippen LogP contribution is 2.05. The largest absolute Gasteiger partial charge is 0.557 e. The maximum Gasteiger partial charge on any atom is 0.557 e. The molecule has 64 valence electrons. The molecule has 0 fully saturated rings. The Hall–Kier alpha value is -0.295. The van der Waals surface area contributed by atoms with Crippen molar-refractivity contribution in [3.63, 3.8) is 0 Å². The maximum atomic E-state index is 11.4. The van der Waals surface area contributed by atoms with Gasteiger partial charge in [-0.1, -0.05) is 0 Å². The van der Waals surface area contributed by atoms with Crippen molar-refractivity contribution >= 4 is 18.6 Å². The van der Waals surface area contributed by atoms with Crippen molar-refractivity contribution in [2.45, 2.75) is 19.3 Å². The van der Waals surface area contributed by atoms with E-state index in [2.05, 4.69) is 5.92 Å². The first-order valence-electron chi connectivity index (χ1n) is 3.31. The third kappa shape index (κ3) is 9.70. The van der Waals surface area contributed by atoms with E-state index in [-0.39, 0.29) is 6.42 Å². The highest BCUT2D eigenvalue weighted by molar-refractivity contribution is 6.67. The fourth-order valence-electron chi connectivity index (χ4n) is 0.496. The molecule has 0 saturated carbocycles. The van der Waals surface area contributed by atoms with Crippen molar-refractivity contribution in [2.24, 2.45) is 0 Å². The Morgan fingerprint density at radius 3 is 2.27 bits per heavy atom. The van der Waals surface area contributed by atoms with E-state index < -0.39 is 6.98 Å². The van der Waals surface area contributed by atoms with Crippen LogP contribution in [0.3, 0.4) is 0 Å². The summed E-state index contributed by atoms with van der Waals surface area (Å²) in [4.78, 5) is 0. The van der Waals surface area contributed by atoms with E-state index in [1.165, 1.54) is 5.82 Å². The third-order valence-electron chi connectivity index (χ3n) is 0.951. The van der Waals surface area contributed by atoms with Gasteiger partial charge in [0.2, 0.25) is 0 Å². The lowest BCUT2D eigenvalue weighted by Gasteiger charge is -2.01. The Labute approximate surface area is 69.2 Å². The summed E-state index contributed by atoms with van der Waals surface area (Å²) >= 11 is 5.30. The highest BCUT2D eigenvalue weighted by atomic mass is 35.5. The zero-order valence-corrected chi connectivity index (χ0v) is 6.67. The van der Waals surface area contributed by atoms with Crippen LogP contribution in [-0.2, 0) is 0 Å². The minimum Gasteiger partial charge on any atom is -0.438 e. The molecule has 0 spiro atoms. The first-order valence-corrected chi connectivity index (χ1v) is 3.85. The van der Waals surface area contributed by atoms with Crippen LogP contribution in [0.4, 0.5) is 12.9 Å². The van der Waals surface area contributed by atoms with Crippen LogP contribution in [0.2, 0.25) is 0 Å². The Bertz CT molecular complexity index is 155. The molecule has 0 amide bonds. The second-order valence-electron chi connectivity index (χ2n) is 2.04. The number of hydrogen-bond donors (Lipinski definition) is 0. The van der Waals surface area contributed by atoms with Crippen molar-refractivity contribution in [3.8, 4) is 11.7 Å². The van der Waals surface area contributed by atoms with Crippen LogP contribution in [0.25, 0.3) is 0 Å². The quantitative estimate of drug-likeness (QED) is 0.273. The van der Waals surface area contributed by atoms with E-state index >= 15 is 0 Å². The predicted octanol–water partition coefficient (Wildman–Crippen LogP) is 2.79. The summed E-state index contributed by atoms with van der Waals surface area (Å²) in [6.45, 7) is -4.92. The molecule has 0 atom stereocenters. The number of unbranched alkanes of at least 4 members (excludes halogenated alkanes) is 2. The molecule has 0 aromatic heterocycles. The zero-order chi connectivity index (χ0) is 8.74. The van der Waals surface area contributed by atoms with E-state index in [4.69, 9.17) is 11.6 Å². The molecule has 0 rings (SSSR count). The van der Waals surface area contributed by atoms with Gasteiger partial charge in [0.05, 0.1) is 0 Å². The van der Waals surface area contributed by atoms with Gasteiger partial charge in [0, 0.05) is 12.3 Å². The summed E-state index contributed by atoms with van der Waals surface area (Å²) in [5, 5.41) is 0. The molecular formula is C6H8BClF3-. The Kier molecular flexibility index (Phi) is 5.22. The first kappa shape index (κ1) is 10.7. The normalized spacial score (nSPS) is 10.5. The molecule has 5 heteroatoms. The zero-order valence-electron chi connectivity index (χ0n) is 5.92. The molecule has 0 N–H and O–H groups in total. The molecule has 0 saturated heterocycles. The van der Waals surface area contributed by atoms with Crippen molar-refractivity contribution in [1.29, 1.82) is 0 Å². The number of hydrogen-bond acceptors (Lipinski definition) is 0. The molecule has 0 radical (unpaired) electrons. The lowest BCUT2D eigenvalue weighted by Crippen LogP contribution is -2.10. The Morgan fingerprint density at radius 2 is 1.82 bits per heavy atom. The smallest absolute Gasteiger partial charge is 0.438 e. The third-order valence-corrected chi connectivity index (χ3v) is 1.22. The number of rotatable bonds is 3. The van der Waals surface area contributed by atoms with Crippen LogP contribution in [0, 0.1) is 11.7 Å². The monoisotopic (exact) mass is 183 g/mol. The van der Waals surface area contributed by atoms with Gasteiger partial charge in [0.1, 0.15) is 0 Å². The average Bonchev–Trinajstić information content (AvgIpc) is 1.85. The van der Waals surface area contributed by atoms with Gasteiger partial charge in [-0.2, -0.15) is 0 Å². The maximum absolute atomic E-state index is 11.4. The van der Waals surface area contributed by atoms with E-state index in [1.807, 2.05) is 0 Å². The molecule has 0 aliphatic carbocycles. The van der Waals surface area contributed by atoms with Gasteiger partial charge < -0.3 is 12.9 Å². The number of halogens is 4. The van der Waals surface area contributed by atoms with Gasteiger partial charge in [-0.05, 0) is 12.8 Å². The average molecular weight is 183 g/mol. The summed E-state index contributed by atoms with van der Waals surface area (Å²) in [6, 6.07) is 0. The van der Waals surface area contributed by atoms with E-state index in [9.17, 15) is 12.9 Å². The molecule has 0 unspecified atom stereocenters. The highest BCUT2D eigenvalue weighted by Gasteiger charge is 2.17. The van der Waals surface area contributed by atoms with E-state index in [0.717, 1.165) is 6.42 Å². The standard InChI is InChI=1S/C6H8BClF3/c8-6-4-2-1-3-5-7(9,10)11/h1-2,4,6H2/q-1. The molecule has 0 aromatic carbocycles. The summed E-state index contributed by atoms with van der Waals surface area (Å²) < 4.78 is 34.3. The Morgan fingerprint density at radius 1 is 1.18 bits per heavy atom. The molecule has 0 aliphatic heterocycles. The lowest BCUT2D eigenvalue weighted by molar-refractivity contribution is 0.503. The van der Waals surface area contributed by atoms with Gasteiger partial charge in [-0.15, -0.1) is 17.5 Å². The van der Waals surface area contributed by atoms with Crippen molar-refractivity contribution < 1.29 is 12.9 Å². The topological polar surface area (TPSA) is 0 Å². The minimum absolute atomic E-state index is 0.286. The van der Waals surface area contributed by atoms with Crippen LogP contribution in [0.15, 0.2) is 0 Å². The summed E-state index contributed by atoms with van der Waals surface area (Å²) in [6.07, 6.45) is 1.65. The molecule has 0 aromatic rings. The molecular weight excluding hydrogens is 175 g/mol. The van der Waals surface area contributed by atoms with Crippen molar-refractivity contribution in [3.05, 3.63) is 0 Å². The first-order chi connectivity index (χ1) is 5.06. The van der Waals surface area contributed by atoms with Crippen molar-refractivity contribution in [2.75, 3.05) is 5.88 Å². The second-order valence-corrected chi connectivity index (χ2v) is 2.42. The molecule has 0 nitrogen and oxygen atoms in total. The van der Waals surface area contributed by atoms with Crippen molar-refractivity contribution in [1.82, 2.24) is 0 Å². The summed E-state index contributed by atoms with van der Waals surface area (Å²) in [7, 11) is 0. The van der Waals surface area contributed by atoms with Crippen LogP contribution in [0.5, 0.6) is 0 Å². The summed E-state index contributed by atoms with van der Waals surface area (Å²) in [5.41, 5.74) is 0. The van der Waals surface area contributed by atoms with Crippen LogP contribution >= 0.6 is 11.6 Å². The molecule has 0 aliphatic rings. The number of alkyl halides is 1. The van der Waals surface area contributed by atoms with Gasteiger partial charge in [0.15, 0.2) is 0 Å². The predicted molar refractivity (Wildman–Crippen MR) is 41.4 cm³/mol. The van der Waals surface area contributed by atoms with Gasteiger partial charge in [-0.25, -0.2) is 5.82 Å². The van der Waals surface area contributed by atoms with Crippen LogP contribution in [-0.4, -0.2) is 12.9 Å². The molecule has 11 heavy (non-hydrogen) atoms. The summed E-state index contributed by atoms with van der Waals surface area (Å²) in [5.74, 6) is 3.79. The minimum atomic E-state index is -4.92. The molecule has 0 bridgehead atoms. The molecule has 0 heterocycles. The van der Waals surface area contributed by atoms with E-state index in [1.54, 1.807) is 0 Å². The van der Waals surface area contributed by atoms with Gasteiger partial charge in [-0.3, -0.25) is 0 Å². The second kappa shape index (κ2) is 5.37.